The molecule has 1 aliphatic heterocycles. The fourth-order valence-corrected chi connectivity index (χ4v) is 2.76. The fourth-order valence-electron chi connectivity index (χ4n) is 2.76. The number of fused-ring (bicyclic) bond motifs is 1. The summed E-state index contributed by atoms with van der Waals surface area (Å²) in [7, 11) is 0. The number of aliphatic hydroxyl groups is 2. The van der Waals surface area contributed by atoms with E-state index in [1.165, 1.54) is 17.2 Å². The topological polar surface area (TPSA) is 172 Å². The third-order valence-electron chi connectivity index (χ3n) is 4.58. The van der Waals surface area contributed by atoms with Crippen molar-refractivity contribution in [2.24, 2.45) is 11.1 Å². The molecule has 3 heterocycles. The van der Waals surface area contributed by atoms with E-state index in [9.17, 15) is 15.0 Å². The Balaban J connectivity index is 1.72. The Morgan fingerprint density at radius 2 is 2.04 bits per heavy atom. The van der Waals surface area contributed by atoms with E-state index in [0.29, 0.717) is 11.2 Å². The van der Waals surface area contributed by atoms with Crippen LogP contribution in [0.5, 0.6) is 0 Å². The molecule has 0 spiro atoms. The number of carbonyl (C=O) groups is 1. The first-order valence-electron chi connectivity index (χ1n) is 8.48. The quantitative estimate of drug-likeness (QED) is 0.479. The zero-order valence-electron chi connectivity index (χ0n) is 15.3. The van der Waals surface area contributed by atoms with Crippen LogP contribution in [0.15, 0.2) is 12.7 Å². The molecule has 2 aromatic heterocycles. The minimum Gasteiger partial charge on any atom is -0.462 e. The SMILES string of the molecule is CC(C)(C)[C@H](N)C(=O)OC[C@H]1O[C@@H](n2cnc3c(N)ncnc32)[C@H](O)[C@@H]1O. The van der Waals surface area contributed by atoms with Gasteiger partial charge in [-0.05, 0) is 5.41 Å². The molecule has 0 bridgehead atoms. The van der Waals surface area contributed by atoms with Gasteiger partial charge in [0.2, 0.25) is 0 Å². The summed E-state index contributed by atoms with van der Waals surface area (Å²) in [6.45, 7) is 5.20. The van der Waals surface area contributed by atoms with Crippen molar-refractivity contribution in [1.82, 2.24) is 19.5 Å². The largest absolute Gasteiger partial charge is 0.462 e. The molecule has 2 aromatic rings. The zero-order chi connectivity index (χ0) is 19.9. The summed E-state index contributed by atoms with van der Waals surface area (Å²) in [5.74, 6) is -0.418. The molecule has 0 radical (unpaired) electrons. The van der Waals surface area contributed by atoms with Crippen LogP contribution in [-0.2, 0) is 14.3 Å². The Bertz CT molecular complexity index is 834. The van der Waals surface area contributed by atoms with Crippen molar-refractivity contribution >= 4 is 23.0 Å². The molecule has 148 valence electrons. The maximum atomic E-state index is 12.1. The number of anilines is 1. The van der Waals surface area contributed by atoms with E-state index < -0.39 is 42.0 Å². The van der Waals surface area contributed by atoms with Gasteiger partial charge >= 0.3 is 5.97 Å². The van der Waals surface area contributed by atoms with E-state index in [0.717, 1.165) is 0 Å². The Kier molecular flexibility index (Phi) is 5.04. The van der Waals surface area contributed by atoms with Crippen molar-refractivity contribution in [3.63, 3.8) is 0 Å². The van der Waals surface area contributed by atoms with Gasteiger partial charge in [-0.1, -0.05) is 20.8 Å². The zero-order valence-corrected chi connectivity index (χ0v) is 15.3. The monoisotopic (exact) mass is 380 g/mol. The summed E-state index contributed by atoms with van der Waals surface area (Å²) < 4.78 is 12.3. The number of nitrogen functional groups attached to an aromatic ring is 1. The fraction of sp³-hybridized carbons (Fsp3) is 0.625. The second kappa shape index (κ2) is 7.00. The van der Waals surface area contributed by atoms with Gasteiger partial charge in [-0.25, -0.2) is 15.0 Å². The van der Waals surface area contributed by atoms with Gasteiger partial charge < -0.3 is 31.2 Å². The van der Waals surface area contributed by atoms with Gasteiger partial charge in [-0.3, -0.25) is 9.36 Å². The predicted molar refractivity (Wildman–Crippen MR) is 94.0 cm³/mol. The Morgan fingerprint density at radius 1 is 1.33 bits per heavy atom. The summed E-state index contributed by atoms with van der Waals surface area (Å²) in [4.78, 5) is 24.1. The Hall–Kier alpha value is -2.34. The Labute approximate surface area is 155 Å². The molecule has 11 heteroatoms. The van der Waals surface area contributed by atoms with Gasteiger partial charge in [0, 0.05) is 0 Å². The number of esters is 1. The summed E-state index contributed by atoms with van der Waals surface area (Å²) >= 11 is 0. The molecule has 11 nitrogen and oxygen atoms in total. The highest BCUT2D eigenvalue weighted by Gasteiger charge is 2.45. The van der Waals surface area contributed by atoms with Crippen molar-refractivity contribution in [3.05, 3.63) is 12.7 Å². The number of rotatable bonds is 4. The van der Waals surface area contributed by atoms with Crippen molar-refractivity contribution in [3.8, 4) is 0 Å². The lowest BCUT2D eigenvalue weighted by Crippen LogP contribution is -2.44. The molecular weight excluding hydrogens is 356 g/mol. The number of carbonyl (C=O) groups excluding carboxylic acids is 1. The minimum absolute atomic E-state index is 0.188. The van der Waals surface area contributed by atoms with Crippen molar-refractivity contribution in [2.75, 3.05) is 12.3 Å². The maximum Gasteiger partial charge on any atom is 0.323 e. The van der Waals surface area contributed by atoms with E-state index in [2.05, 4.69) is 15.0 Å². The smallest absolute Gasteiger partial charge is 0.323 e. The molecule has 1 saturated heterocycles. The number of ether oxygens (including phenoxy) is 2. The first kappa shape index (κ1) is 19.4. The number of hydrogen-bond acceptors (Lipinski definition) is 10. The lowest BCUT2D eigenvalue weighted by atomic mass is 9.87. The summed E-state index contributed by atoms with van der Waals surface area (Å²) in [5, 5.41) is 20.6. The van der Waals surface area contributed by atoms with Gasteiger partial charge in [-0.2, -0.15) is 0 Å². The minimum atomic E-state index is -1.28. The molecule has 1 aliphatic rings. The second-order valence-electron chi connectivity index (χ2n) is 7.60. The first-order valence-corrected chi connectivity index (χ1v) is 8.48. The highest BCUT2D eigenvalue weighted by atomic mass is 16.6. The third kappa shape index (κ3) is 3.58. The summed E-state index contributed by atoms with van der Waals surface area (Å²) in [6, 6.07) is -0.825. The summed E-state index contributed by atoms with van der Waals surface area (Å²) in [5.41, 5.74) is 11.8. The molecule has 0 aromatic carbocycles. The van der Waals surface area contributed by atoms with Crippen LogP contribution in [0.25, 0.3) is 11.2 Å². The summed E-state index contributed by atoms with van der Waals surface area (Å²) in [6.07, 6.45) is -1.80. The molecule has 0 saturated carbocycles. The van der Waals surface area contributed by atoms with Gasteiger partial charge in [0.1, 0.15) is 42.8 Å². The number of nitrogens with two attached hydrogens (primary N) is 2. The first-order chi connectivity index (χ1) is 12.6. The average Bonchev–Trinajstić information content (AvgIpc) is 3.15. The molecular formula is C16H24N6O5. The Morgan fingerprint density at radius 3 is 2.70 bits per heavy atom. The third-order valence-corrected chi connectivity index (χ3v) is 4.58. The van der Waals surface area contributed by atoms with E-state index in [4.69, 9.17) is 20.9 Å². The molecule has 3 rings (SSSR count). The van der Waals surface area contributed by atoms with Crippen LogP contribution in [0, 0.1) is 5.41 Å². The number of aliphatic hydroxyl groups excluding tert-OH is 2. The number of nitrogens with zero attached hydrogens (tertiary/aromatic N) is 4. The highest BCUT2D eigenvalue weighted by Crippen LogP contribution is 2.32. The van der Waals surface area contributed by atoms with Crippen LogP contribution in [-0.4, -0.2) is 66.7 Å². The number of aromatic nitrogens is 4. The van der Waals surface area contributed by atoms with E-state index >= 15 is 0 Å². The van der Waals surface area contributed by atoms with Crippen LogP contribution in [0.2, 0.25) is 0 Å². The van der Waals surface area contributed by atoms with Gasteiger partial charge in [-0.15, -0.1) is 0 Å². The van der Waals surface area contributed by atoms with E-state index in [1.54, 1.807) is 0 Å². The second-order valence-corrected chi connectivity index (χ2v) is 7.60. The maximum absolute atomic E-state index is 12.1. The van der Waals surface area contributed by atoms with Crippen LogP contribution in [0.4, 0.5) is 5.82 Å². The predicted octanol–water partition coefficient (Wildman–Crippen LogP) is -1.06. The average molecular weight is 380 g/mol. The normalized spacial score (nSPS) is 27.0. The molecule has 27 heavy (non-hydrogen) atoms. The molecule has 1 fully saturated rings. The standard InChI is InChI=1S/C16H24N6O5/c1-16(2,3)11(17)15(25)26-4-7-9(23)10(24)14(27-7)22-6-21-8-12(18)19-5-20-13(8)22/h5-7,9-11,14,23-24H,4,17H2,1-3H3,(H2,18,19,20)/t7-,9-,10-,11-,14-/m1/s1. The van der Waals surface area contributed by atoms with Crippen LogP contribution in [0.1, 0.15) is 27.0 Å². The van der Waals surface area contributed by atoms with Crippen LogP contribution >= 0.6 is 0 Å². The number of hydrogen-bond donors (Lipinski definition) is 4. The van der Waals surface area contributed by atoms with E-state index in [1.807, 2.05) is 20.8 Å². The van der Waals surface area contributed by atoms with Crippen LogP contribution in [0.3, 0.4) is 0 Å². The van der Waals surface area contributed by atoms with E-state index in [-0.39, 0.29) is 12.4 Å². The van der Waals surface area contributed by atoms with Gasteiger partial charge in [0.05, 0.1) is 6.33 Å². The lowest BCUT2D eigenvalue weighted by Gasteiger charge is -2.25. The van der Waals surface area contributed by atoms with Gasteiger partial charge in [0.15, 0.2) is 17.7 Å². The van der Waals surface area contributed by atoms with Crippen molar-refractivity contribution in [1.29, 1.82) is 0 Å². The molecule has 0 unspecified atom stereocenters. The molecule has 0 aliphatic carbocycles. The van der Waals surface area contributed by atoms with Crippen LogP contribution < -0.4 is 11.5 Å². The highest BCUT2D eigenvalue weighted by molar-refractivity contribution is 5.81. The van der Waals surface area contributed by atoms with Gasteiger partial charge in [0.25, 0.3) is 0 Å². The lowest BCUT2D eigenvalue weighted by molar-refractivity contribution is -0.154. The van der Waals surface area contributed by atoms with Crippen molar-refractivity contribution in [2.45, 2.75) is 51.4 Å². The molecule has 5 atom stereocenters. The molecule has 6 N–H and O–H groups in total. The number of imidazole rings is 1. The molecule has 0 amide bonds. The van der Waals surface area contributed by atoms with Crippen molar-refractivity contribution < 1.29 is 24.5 Å².